The van der Waals surface area contributed by atoms with Gasteiger partial charge in [0, 0.05) is 13.0 Å². The average Bonchev–Trinajstić information content (AvgIpc) is 3.17. The lowest BCUT2D eigenvalue weighted by Gasteiger charge is -2.19. The van der Waals surface area contributed by atoms with Gasteiger partial charge in [0.25, 0.3) is 0 Å². The van der Waals surface area contributed by atoms with E-state index in [2.05, 4.69) is 56.4 Å². The fourth-order valence-corrected chi connectivity index (χ4v) is 5.79. The second kappa shape index (κ2) is 40.9. The molecule has 0 aromatic carbocycles. The number of ether oxygens (including phenoxy) is 2. The normalized spacial score (nSPS) is 15.0. The Morgan fingerprint density at radius 1 is 0.673 bits per heavy atom. The van der Waals surface area contributed by atoms with Crippen LogP contribution in [0.3, 0.4) is 0 Å². The van der Waals surface area contributed by atoms with Crippen LogP contribution in [-0.2, 0) is 27.9 Å². The van der Waals surface area contributed by atoms with E-state index >= 15 is 0 Å². The van der Waals surface area contributed by atoms with Crippen molar-refractivity contribution in [1.82, 2.24) is 0 Å². The van der Waals surface area contributed by atoms with Gasteiger partial charge in [-0.2, -0.15) is 0 Å². The van der Waals surface area contributed by atoms with Gasteiger partial charge in [-0.05, 0) is 83.1 Å². The monoisotopic (exact) mass is 790 g/mol. The van der Waals surface area contributed by atoms with Crippen molar-refractivity contribution in [2.45, 2.75) is 154 Å². The van der Waals surface area contributed by atoms with Crippen molar-refractivity contribution in [2.24, 2.45) is 5.73 Å². The summed E-state index contributed by atoms with van der Waals surface area (Å²) < 4.78 is 33.0. The van der Waals surface area contributed by atoms with E-state index in [4.69, 9.17) is 24.3 Å². The van der Waals surface area contributed by atoms with Gasteiger partial charge in [-0.1, -0.05) is 144 Å². The van der Waals surface area contributed by atoms with Gasteiger partial charge in [0.1, 0.15) is 6.61 Å². The van der Waals surface area contributed by atoms with Crippen molar-refractivity contribution in [3.8, 4) is 0 Å². The Morgan fingerprint density at radius 2 is 1.25 bits per heavy atom. The molecule has 314 valence electrons. The highest BCUT2D eigenvalue weighted by Gasteiger charge is 2.24. The maximum absolute atomic E-state index is 12.4. The summed E-state index contributed by atoms with van der Waals surface area (Å²) in [7, 11) is -4.30. The predicted molar refractivity (Wildman–Crippen MR) is 229 cm³/mol. The summed E-state index contributed by atoms with van der Waals surface area (Å²) in [5, 5.41) is 9.99. The van der Waals surface area contributed by atoms with Crippen molar-refractivity contribution < 1.29 is 37.9 Å². The van der Waals surface area contributed by atoms with Gasteiger partial charge < -0.3 is 25.2 Å². The first-order chi connectivity index (χ1) is 26.8. The summed E-state index contributed by atoms with van der Waals surface area (Å²) in [6.45, 7) is 3.89. The van der Waals surface area contributed by atoms with Gasteiger partial charge in [-0.25, -0.2) is 4.57 Å². The van der Waals surface area contributed by atoms with E-state index < -0.39 is 26.0 Å². The minimum absolute atomic E-state index is 0.0765. The summed E-state index contributed by atoms with van der Waals surface area (Å²) in [6.07, 6.45) is 51.3. The zero-order valence-electron chi connectivity index (χ0n) is 34.2. The number of hydrogen-bond donors (Lipinski definition) is 3. The van der Waals surface area contributed by atoms with Crippen molar-refractivity contribution in [3.63, 3.8) is 0 Å². The van der Waals surface area contributed by atoms with Crippen molar-refractivity contribution in [3.05, 3.63) is 97.4 Å². The molecule has 0 aliphatic rings. The molecule has 0 aliphatic heterocycles. The number of phosphoric acid groups is 1. The van der Waals surface area contributed by atoms with Crippen LogP contribution in [0.4, 0.5) is 0 Å². The Hall–Kier alpha value is -2.78. The lowest BCUT2D eigenvalue weighted by molar-refractivity contribution is -0.147. The number of aliphatic hydroxyl groups excluding tert-OH is 1. The molecule has 3 atom stereocenters. The third-order valence-electron chi connectivity index (χ3n) is 8.17. The summed E-state index contributed by atoms with van der Waals surface area (Å²) in [6, 6.07) is 0. The van der Waals surface area contributed by atoms with Crippen LogP contribution < -0.4 is 5.73 Å². The molecule has 10 heteroatoms. The summed E-state index contributed by atoms with van der Waals surface area (Å²) in [4.78, 5) is 22.2. The summed E-state index contributed by atoms with van der Waals surface area (Å²) in [5.74, 6) is -0.398. The molecule has 0 amide bonds. The molecule has 0 aromatic rings. The van der Waals surface area contributed by atoms with E-state index in [1.54, 1.807) is 6.08 Å². The topological polar surface area (TPSA) is 138 Å². The molecule has 0 fully saturated rings. The van der Waals surface area contributed by atoms with Crippen molar-refractivity contribution >= 4 is 13.8 Å². The van der Waals surface area contributed by atoms with Crippen molar-refractivity contribution in [1.29, 1.82) is 0 Å². The van der Waals surface area contributed by atoms with Crippen LogP contribution in [0.1, 0.15) is 142 Å². The maximum Gasteiger partial charge on any atom is 0.472 e. The zero-order chi connectivity index (χ0) is 40.3. The van der Waals surface area contributed by atoms with Gasteiger partial charge in [0.15, 0.2) is 6.10 Å². The van der Waals surface area contributed by atoms with Crippen LogP contribution in [0.15, 0.2) is 97.4 Å². The fraction of sp³-hybridized carbons (Fsp3) is 0.622. The molecule has 4 N–H and O–H groups in total. The Balaban J connectivity index is 4.33. The van der Waals surface area contributed by atoms with Gasteiger partial charge in [-0.3, -0.25) is 13.8 Å². The van der Waals surface area contributed by atoms with Crippen LogP contribution >= 0.6 is 7.82 Å². The molecular formula is C45H76NO8P. The largest absolute Gasteiger partial charge is 0.492 e. The van der Waals surface area contributed by atoms with Crippen molar-refractivity contribution in [2.75, 3.05) is 26.4 Å². The highest BCUT2D eigenvalue weighted by atomic mass is 31.2. The maximum atomic E-state index is 12.4. The number of rotatable bonds is 38. The number of aliphatic hydroxyl groups is 1. The molecule has 0 saturated heterocycles. The predicted octanol–water partition coefficient (Wildman–Crippen LogP) is 11.6. The quantitative estimate of drug-likeness (QED) is 0.0139. The molecule has 0 aromatic heterocycles. The second-order valence-electron chi connectivity index (χ2n) is 13.4. The van der Waals surface area contributed by atoms with E-state index in [1.807, 2.05) is 42.5 Å². The van der Waals surface area contributed by atoms with E-state index in [1.165, 1.54) is 64.0 Å². The number of esters is 1. The molecule has 0 saturated carbocycles. The number of phosphoric ester groups is 1. The first-order valence-electron chi connectivity index (χ1n) is 20.9. The number of carbonyl (C=O) groups excluding carboxylic acids is 1. The Kier molecular flexibility index (Phi) is 38.8. The number of allylic oxidation sites excluding steroid dienone is 13. The van der Waals surface area contributed by atoms with E-state index in [0.717, 1.165) is 51.4 Å². The standard InChI is InChI=1S/C45H76NO8P/c1-3-5-7-9-11-12-13-14-15-16-17-20-23-26-30-34-39-51-44(42-54-55(49,50)53-40-38-46)41-52-45(48)37-33-29-25-22-19-18-21-24-28-32-36-43(47)35-31-27-10-8-6-4-2/h6,8,14-15,18-19,24-25,27-29,31-32,34,36,39,43-44,47H,3-5,7,9-13,16-17,20-23,26,30,33,35,37-38,40-42,46H2,1-2H3,(H,49,50)/b8-6-,15-14-,19-18-,28-24-,29-25-,31-27-,36-32+,39-34+/t43?,44-/m1/s1. The third kappa shape index (κ3) is 40.7. The minimum atomic E-state index is -4.30. The van der Waals surface area contributed by atoms with Gasteiger partial charge >= 0.3 is 13.8 Å². The number of carbonyl (C=O) groups is 1. The zero-order valence-corrected chi connectivity index (χ0v) is 35.1. The second-order valence-corrected chi connectivity index (χ2v) is 14.8. The van der Waals surface area contributed by atoms with Gasteiger partial charge in [0.2, 0.25) is 0 Å². The lowest BCUT2D eigenvalue weighted by Crippen LogP contribution is -2.25. The number of nitrogens with two attached hydrogens (primary N) is 1. The average molecular weight is 790 g/mol. The van der Waals surface area contributed by atoms with E-state index in [9.17, 15) is 19.4 Å². The van der Waals surface area contributed by atoms with Gasteiger partial charge in [-0.15, -0.1) is 0 Å². The molecule has 2 unspecified atom stereocenters. The highest BCUT2D eigenvalue weighted by Crippen LogP contribution is 2.43. The van der Waals surface area contributed by atoms with Crippen LogP contribution in [0, 0.1) is 0 Å². The lowest BCUT2D eigenvalue weighted by atomic mass is 10.1. The molecule has 0 rings (SSSR count). The van der Waals surface area contributed by atoms with Gasteiger partial charge in [0.05, 0.1) is 25.6 Å². The molecule has 0 heterocycles. The number of hydrogen-bond acceptors (Lipinski definition) is 8. The van der Waals surface area contributed by atoms with E-state index in [-0.39, 0.29) is 32.8 Å². The summed E-state index contributed by atoms with van der Waals surface area (Å²) >= 11 is 0. The Labute approximate surface area is 334 Å². The molecule has 0 spiro atoms. The fourth-order valence-electron chi connectivity index (χ4n) is 5.02. The first-order valence-corrected chi connectivity index (χ1v) is 22.4. The minimum Gasteiger partial charge on any atom is -0.492 e. The number of unbranched alkanes of at least 4 members (excludes halogenated alkanes) is 11. The molecule has 0 aliphatic carbocycles. The van der Waals surface area contributed by atoms with Crippen LogP contribution in [0.25, 0.3) is 0 Å². The highest BCUT2D eigenvalue weighted by molar-refractivity contribution is 7.47. The smallest absolute Gasteiger partial charge is 0.472 e. The van der Waals surface area contributed by atoms with Crippen LogP contribution in [0.5, 0.6) is 0 Å². The molecule has 0 radical (unpaired) electrons. The van der Waals surface area contributed by atoms with Crippen LogP contribution in [-0.4, -0.2) is 54.5 Å². The Morgan fingerprint density at radius 3 is 1.93 bits per heavy atom. The summed E-state index contributed by atoms with van der Waals surface area (Å²) in [5.41, 5.74) is 5.35. The molecule has 55 heavy (non-hydrogen) atoms. The molecular weight excluding hydrogens is 713 g/mol. The Bertz CT molecular complexity index is 1170. The van der Waals surface area contributed by atoms with E-state index in [0.29, 0.717) is 12.8 Å². The third-order valence-corrected chi connectivity index (χ3v) is 9.15. The first kappa shape index (κ1) is 52.2. The SMILES string of the molecule is CC/C=C\C/C=C\CC(O)/C=C/C=C\C/C=C\C/C=C\CCC(=O)OC[C@H](COP(=O)(O)OCCN)O/C=C/CCCCCC/C=C\CCCCCCCC. The van der Waals surface area contributed by atoms with Crippen LogP contribution in [0.2, 0.25) is 0 Å². The molecule has 9 nitrogen and oxygen atoms in total. The molecule has 0 bridgehead atoms.